The Morgan fingerprint density at radius 1 is 0.733 bits per heavy atom. The number of amides is 1. The maximum atomic E-state index is 12.6. The van der Waals surface area contributed by atoms with Gasteiger partial charge in [0.25, 0.3) is 26.0 Å². The van der Waals surface area contributed by atoms with E-state index in [1.165, 1.54) is 54.6 Å². The lowest BCUT2D eigenvalue weighted by Gasteiger charge is -2.11. The van der Waals surface area contributed by atoms with E-state index in [0.29, 0.717) is 10.7 Å². The molecule has 0 bridgehead atoms. The molecule has 156 valence electrons. The van der Waals surface area contributed by atoms with Gasteiger partial charge in [0.2, 0.25) is 0 Å². The molecule has 30 heavy (non-hydrogen) atoms. The predicted octanol–water partition coefficient (Wildman–Crippen LogP) is 2.76. The van der Waals surface area contributed by atoms with E-state index in [1.807, 2.05) is 4.83 Å². The van der Waals surface area contributed by atoms with Crippen LogP contribution in [0.2, 0.25) is 5.02 Å². The fraction of sp³-hybridized carbons (Fsp3) is 0. The van der Waals surface area contributed by atoms with Gasteiger partial charge in [-0.05, 0) is 54.6 Å². The SMILES string of the molecule is O=C(NNS(=O)(=O)c1ccccc1)c1cccc(S(=O)(=O)Nc2ccc(Cl)cc2)c1. The van der Waals surface area contributed by atoms with Crippen LogP contribution in [0.4, 0.5) is 5.69 Å². The molecule has 0 radical (unpaired) electrons. The van der Waals surface area contributed by atoms with Gasteiger partial charge < -0.3 is 0 Å². The molecule has 1 amide bonds. The molecule has 3 aromatic rings. The van der Waals surface area contributed by atoms with Crippen molar-refractivity contribution in [1.29, 1.82) is 0 Å². The van der Waals surface area contributed by atoms with E-state index in [-0.39, 0.29) is 15.4 Å². The maximum Gasteiger partial charge on any atom is 0.266 e. The number of sulfonamides is 2. The topological polar surface area (TPSA) is 121 Å². The molecule has 0 unspecified atom stereocenters. The smallest absolute Gasteiger partial charge is 0.266 e. The predicted molar refractivity (Wildman–Crippen MR) is 113 cm³/mol. The highest BCUT2D eigenvalue weighted by atomic mass is 35.5. The van der Waals surface area contributed by atoms with Crippen LogP contribution in [0.3, 0.4) is 0 Å². The zero-order valence-corrected chi connectivity index (χ0v) is 17.6. The van der Waals surface area contributed by atoms with Gasteiger partial charge in [-0.1, -0.05) is 35.9 Å². The first-order chi connectivity index (χ1) is 14.2. The van der Waals surface area contributed by atoms with Gasteiger partial charge >= 0.3 is 0 Å². The molecule has 8 nitrogen and oxygen atoms in total. The zero-order chi connectivity index (χ0) is 21.8. The van der Waals surface area contributed by atoms with Crippen molar-refractivity contribution in [2.75, 3.05) is 4.72 Å². The molecule has 0 atom stereocenters. The quantitative estimate of drug-likeness (QED) is 0.463. The normalized spacial score (nSPS) is 11.6. The largest absolute Gasteiger partial charge is 0.280 e. The number of benzene rings is 3. The number of carbonyl (C=O) groups is 1. The van der Waals surface area contributed by atoms with Crippen LogP contribution in [0.25, 0.3) is 0 Å². The summed E-state index contributed by atoms with van der Waals surface area (Å²) < 4.78 is 51.9. The second kappa shape index (κ2) is 8.84. The summed E-state index contributed by atoms with van der Waals surface area (Å²) in [5.74, 6) is -0.821. The van der Waals surface area contributed by atoms with Gasteiger partial charge in [0.1, 0.15) is 0 Å². The van der Waals surface area contributed by atoms with Crippen molar-refractivity contribution in [2.45, 2.75) is 9.79 Å². The molecule has 0 spiro atoms. The minimum atomic E-state index is -3.98. The fourth-order valence-electron chi connectivity index (χ4n) is 2.38. The summed E-state index contributed by atoms with van der Waals surface area (Å²) >= 11 is 5.79. The van der Waals surface area contributed by atoms with Crippen molar-refractivity contribution >= 4 is 43.2 Å². The van der Waals surface area contributed by atoms with Crippen LogP contribution < -0.4 is 15.0 Å². The van der Waals surface area contributed by atoms with Crippen molar-refractivity contribution in [3.63, 3.8) is 0 Å². The summed E-state index contributed by atoms with van der Waals surface area (Å²) in [7, 11) is -7.95. The first kappa shape index (κ1) is 21.8. The average molecular weight is 466 g/mol. The Morgan fingerprint density at radius 2 is 1.37 bits per heavy atom. The van der Waals surface area contributed by atoms with Crippen LogP contribution in [0.5, 0.6) is 0 Å². The van der Waals surface area contributed by atoms with E-state index in [2.05, 4.69) is 10.1 Å². The molecular weight excluding hydrogens is 450 g/mol. The number of hydrazine groups is 1. The van der Waals surface area contributed by atoms with Gasteiger partial charge in [-0.3, -0.25) is 14.9 Å². The van der Waals surface area contributed by atoms with Gasteiger partial charge in [-0.15, -0.1) is 4.83 Å². The molecule has 0 aliphatic carbocycles. The number of hydrogen-bond acceptors (Lipinski definition) is 5. The third kappa shape index (κ3) is 5.36. The van der Waals surface area contributed by atoms with Crippen LogP contribution in [-0.2, 0) is 20.0 Å². The van der Waals surface area contributed by atoms with Crippen molar-refractivity contribution < 1.29 is 21.6 Å². The molecular formula is C19H16ClN3O5S2. The minimum absolute atomic E-state index is 0.0335. The maximum absolute atomic E-state index is 12.6. The Bertz CT molecular complexity index is 1260. The van der Waals surface area contributed by atoms with Gasteiger partial charge in [0, 0.05) is 16.3 Å². The Morgan fingerprint density at radius 3 is 2.03 bits per heavy atom. The van der Waals surface area contributed by atoms with Crippen molar-refractivity contribution in [3.05, 3.63) is 89.4 Å². The molecule has 0 aliphatic rings. The summed E-state index contributed by atoms with van der Waals surface area (Å²) in [6.07, 6.45) is 0. The molecule has 0 heterocycles. The average Bonchev–Trinajstić information content (AvgIpc) is 2.74. The zero-order valence-electron chi connectivity index (χ0n) is 15.2. The molecule has 3 aromatic carbocycles. The summed E-state index contributed by atoms with van der Waals surface area (Å²) in [5.41, 5.74) is 2.31. The highest BCUT2D eigenvalue weighted by molar-refractivity contribution is 7.92. The number of hydrogen-bond donors (Lipinski definition) is 3. The Balaban J connectivity index is 1.74. The first-order valence-corrected chi connectivity index (χ1v) is 11.8. The fourth-order valence-corrected chi connectivity index (χ4v) is 4.47. The van der Waals surface area contributed by atoms with Crippen LogP contribution in [-0.4, -0.2) is 22.7 Å². The third-order valence-electron chi connectivity index (χ3n) is 3.86. The van der Waals surface area contributed by atoms with E-state index in [0.717, 1.165) is 6.07 Å². The van der Waals surface area contributed by atoms with E-state index in [9.17, 15) is 21.6 Å². The first-order valence-electron chi connectivity index (χ1n) is 8.43. The number of anilines is 1. The van der Waals surface area contributed by atoms with Crippen molar-refractivity contribution in [3.8, 4) is 0 Å². The van der Waals surface area contributed by atoms with Crippen molar-refractivity contribution in [2.24, 2.45) is 0 Å². The molecule has 3 N–H and O–H groups in total. The van der Waals surface area contributed by atoms with Gasteiger partial charge in [-0.2, -0.15) is 0 Å². The summed E-state index contributed by atoms with van der Waals surface area (Å²) in [5, 5.41) is 0.453. The highest BCUT2D eigenvalue weighted by Crippen LogP contribution is 2.19. The molecule has 0 aliphatic heterocycles. The van der Waals surface area contributed by atoms with Crippen LogP contribution in [0.1, 0.15) is 10.4 Å². The van der Waals surface area contributed by atoms with E-state index in [1.54, 1.807) is 18.2 Å². The van der Waals surface area contributed by atoms with Gasteiger partial charge in [0.05, 0.1) is 9.79 Å². The van der Waals surface area contributed by atoms with Crippen molar-refractivity contribution in [1.82, 2.24) is 10.3 Å². The minimum Gasteiger partial charge on any atom is -0.280 e. The third-order valence-corrected chi connectivity index (χ3v) is 6.75. The highest BCUT2D eigenvalue weighted by Gasteiger charge is 2.18. The van der Waals surface area contributed by atoms with Crippen LogP contribution in [0.15, 0.2) is 88.7 Å². The van der Waals surface area contributed by atoms with Crippen LogP contribution in [0, 0.1) is 0 Å². The number of rotatable bonds is 7. The lowest BCUT2D eigenvalue weighted by Crippen LogP contribution is -2.41. The molecule has 11 heteroatoms. The second-order valence-electron chi connectivity index (χ2n) is 6.01. The standard InChI is InChI=1S/C19H16ClN3O5S2/c20-15-9-11-16(12-10-15)22-29(25,26)18-8-4-5-14(13-18)19(24)21-23-30(27,28)17-6-2-1-3-7-17/h1-13,22-23H,(H,21,24). The molecule has 0 saturated heterocycles. The second-order valence-corrected chi connectivity index (χ2v) is 9.81. The lowest BCUT2D eigenvalue weighted by atomic mass is 10.2. The Labute approximate surface area is 179 Å². The lowest BCUT2D eigenvalue weighted by molar-refractivity contribution is 0.0945. The summed E-state index contributed by atoms with van der Waals surface area (Å²) in [6.45, 7) is 0. The van der Waals surface area contributed by atoms with E-state index in [4.69, 9.17) is 11.6 Å². The Hall–Kier alpha value is -2.92. The molecule has 0 saturated carbocycles. The van der Waals surface area contributed by atoms with Crippen LogP contribution >= 0.6 is 11.6 Å². The number of halogens is 1. The monoisotopic (exact) mass is 465 g/mol. The molecule has 0 fully saturated rings. The van der Waals surface area contributed by atoms with E-state index < -0.39 is 26.0 Å². The molecule has 3 rings (SSSR count). The summed E-state index contributed by atoms with van der Waals surface area (Å²) in [4.78, 5) is 14.1. The number of carbonyl (C=O) groups excluding carboxylic acids is 1. The molecule has 0 aromatic heterocycles. The summed E-state index contributed by atoms with van der Waals surface area (Å²) in [6, 6.07) is 18.7. The van der Waals surface area contributed by atoms with Gasteiger partial charge in [0.15, 0.2) is 0 Å². The number of nitrogens with one attached hydrogen (secondary N) is 3. The van der Waals surface area contributed by atoms with E-state index >= 15 is 0 Å². The Kier molecular flexibility index (Phi) is 6.42. The van der Waals surface area contributed by atoms with Gasteiger partial charge in [-0.25, -0.2) is 16.8 Å².